The molecular weight excluding hydrogens is 334 g/mol. The first-order valence-corrected chi connectivity index (χ1v) is 6.77. The van der Waals surface area contributed by atoms with Crippen LogP contribution in [0.2, 0.25) is 0 Å². The van der Waals surface area contributed by atoms with Gasteiger partial charge in [0, 0.05) is 16.1 Å². The zero-order valence-electron chi connectivity index (χ0n) is 10.8. The molecule has 2 aromatic carbocycles. The number of aliphatic carboxylic acids is 1. The van der Waals surface area contributed by atoms with E-state index in [9.17, 15) is 4.79 Å². The molecule has 0 heterocycles. The normalized spacial score (nSPS) is 10.3. The van der Waals surface area contributed by atoms with Gasteiger partial charge >= 0.3 is 5.97 Å². The Morgan fingerprint density at radius 3 is 2.71 bits per heavy atom. The number of benzene rings is 2. The van der Waals surface area contributed by atoms with Crippen molar-refractivity contribution in [1.29, 1.82) is 5.26 Å². The molecule has 0 saturated carbocycles. The van der Waals surface area contributed by atoms with Gasteiger partial charge < -0.3 is 9.84 Å². The maximum absolute atomic E-state index is 10.6. The van der Waals surface area contributed by atoms with Crippen LogP contribution in [0, 0.1) is 11.3 Å². The molecule has 0 fully saturated rings. The zero-order chi connectivity index (χ0) is 15.2. The van der Waals surface area contributed by atoms with Crippen LogP contribution in [-0.4, -0.2) is 11.1 Å². The van der Waals surface area contributed by atoms with Gasteiger partial charge in [0.2, 0.25) is 0 Å². The van der Waals surface area contributed by atoms with Crippen LogP contribution in [-0.2, 0) is 4.79 Å². The van der Waals surface area contributed by atoms with E-state index in [4.69, 9.17) is 15.1 Å². The van der Waals surface area contributed by atoms with Crippen LogP contribution in [0.5, 0.6) is 11.5 Å². The fraction of sp³-hybridized carbons (Fsp3) is 0. The number of hydrogen-bond acceptors (Lipinski definition) is 3. The minimum absolute atomic E-state index is 0.411. The smallest absolute Gasteiger partial charge is 0.328 e. The van der Waals surface area contributed by atoms with Gasteiger partial charge in [-0.2, -0.15) is 5.26 Å². The summed E-state index contributed by atoms with van der Waals surface area (Å²) in [7, 11) is 0. The van der Waals surface area contributed by atoms with Crippen LogP contribution in [0.4, 0.5) is 0 Å². The van der Waals surface area contributed by atoms with Crippen LogP contribution in [0.1, 0.15) is 11.1 Å². The van der Waals surface area contributed by atoms with Gasteiger partial charge in [0.05, 0.1) is 5.56 Å². The first-order chi connectivity index (χ1) is 10.1. The predicted molar refractivity (Wildman–Crippen MR) is 82.0 cm³/mol. The Bertz CT molecular complexity index is 747. The zero-order valence-corrected chi connectivity index (χ0v) is 12.4. The number of nitriles is 1. The molecule has 0 saturated heterocycles. The lowest BCUT2D eigenvalue weighted by atomic mass is 10.1. The van der Waals surface area contributed by atoms with Crippen molar-refractivity contribution in [3.63, 3.8) is 0 Å². The third-order valence-electron chi connectivity index (χ3n) is 2.60. The molecule has 0 aliphatic rings. The number of rotatable bonds is 4. The highest BCUT2D eigenvalue weighted by molar-refractivity contribution is 9.10. The average molecular weight is 344 g/mol. The first-order valence-electron chi connectivity index (χ1n) is 5.97. The van der Waals surface area contributed by atoms with Gasteiger partial charge in [0.1, 0.15) is 17.6 Å². The number of para-hydroxylation sites is 1. The molecule has 1 N–H and O–H groups in total. The van der Waals surface area contributed by atoms with Crippen molar-refractivity contribution in [1.82, 2.24) is 0 Å². The van der Waals surface area contributed by atoms with E-state index in [-0.39, 0.29) is 0 Å². The highest BCUT2D eigenvalue weighted by atomic mass is 79.9. The molecule has 0 aliphatic carbocycles. The maximum atomic E-state index is 10.6. The second-order valence-electron chi connectivity index (χ2n) is 4.06. The average Bonchev–Trinajstić information content (AvgIpc) is 2.48. The van der Waals surface area contributed by atoms with Gasteiger partial charge in [0.15, 0.2) is 0 Å². The van der Waals surface area contributed by atoms with Gasteiger partial charge in [-0.1, -0.05) is 28.1 Å². The number of carboxylic acids is 1. The molecule has 21 heavy (non-hydrogen) atoms. The van der Waals surface area contributed by atoms with Crippen molar-refractivity contribution >= 4 is 28.0 Å². The molecule has 0 unspecified atom stereocenters. The van der Waals surface area contributed by atoms with E-state index in [2.05, 4.69) is 22.0 Å². The molecule has 5 heteroatoms. The molecule has 0 amide bonds. The molecule has 0 bridgehead atoms. The summed E-state index contributed by atoms with van der Waals surface area (Å²) in [6.45, 7) is 0. The number of ether oxygens (including phenoxy) is 1. The number of nitrogens with zero attached hydrogens (tertiary/aromatic N) is 1. The lowest BCUT2D eigenvalue weighted by molar-refractivity contribution is -0.131. The van der Waals surface area contributed by atoms with Crippen molar-refractivity contribution in [2.75, 3.05) is 0 Å². The number of carbonyl (C=O) groups is 1. The van der Waals surface area contributed by atoms with E-state index < -0.39 is 5.97 Å². The van der Waals surface area contributed by atoms with E-state index >= 15 is 0 Å². The molecule has 0 aromatic heterocycles. The van der Waals surface area contributed by atoms with Gasteiger partial charge in [-0.25, -0.2) is 4.79 Å². The highest BCUT2D eigenvalue weighted by Gasteiger charge is 2.07. The van der Waals surface area contributed by atoms with Gasteiger partial charge in [0.25, 0.3) is 0 Å². The third-order valence-corrected chi connectivity index (χ3v) is 3.10. The van der Waals surface area contributed by atoms with Crippen molar-refractivity contribution in [3.05, 3.63) is 64.1 Å². The summed E-state index contributed by atoms with van der Waals surface area (Å²) < 4.78 is 6.53. The lowest BCUT2D eigenvalue weighted by Crippen LogP contribution is -1.91. The topological polar surface area (TPSA) is 70.3 Å². The van der Waals surface area contributed by atoms with Crippen molar-refractivity contribution in [3.8, 4) is 17.6 Å². The molecule has 4 nitrogen and oxygen atoms in total. The molecule has 2 aromatic rings. The Balaban J connectivity index is 2.40. The van der Waals surface area contributed by atoms with Crippen molar-refractivity contribution < 1.29 is 14.6 Å². The van der Waals surface area contributed by atoms with Crippen LogP contribution < -0.4 is 4.74 Å². The van der Waals surface area contributed by atoms with Crippen molar-refractivity contribution in [2.24, 2.45) is 0 Å². The van der Waals surface area contributed by atoms with Crippen LogP contribution in [0.25, 0.3) is 6.08 Å². The Kier molecular flexibility index (Phi) is 4.75. The Morgan fingerprint density at radius 1 is 1.24 bits per heavy atom. The standard InChI is InChI=1S/C16H10BrNO3/c17-13-6-7-15(11(9-13)5-8-16(19)20)21-14-4-2-1-3-12(14)10-18/h1-9H,(H,19,20)/b8-5+. The molecule has 0 spiro atoms. The fourth-order valence-electron chi connectivity index (χ4n) is 1.67. The van der Waals surface area contributed by atoms with Crippen LogP contribution in [0.3, 0.4) is 0 Å². The second-order valence-corrected chi connectivity index (χ2v) is 4.98. The maximum Gasteiger partial charge on any atom is 0.328 e. The summed E-state index contributed by atoms with van der Waals surface area (Å²) in [5.41, 5.74) is 1.01. The molecule has 104 valence electrons. The molecule has 0 radical (unpaired) electrons. The van der Waals surface area contributed by atoms with E-state index in [0.717, 1.165) is 10.5 Å². The highest BCUT2D eigenvalue weighted by Crippen LogP contribution is 2.30. The predicted octanol–water partition coefficient (Wildman–Crippen LogP) is 4.21. The monoisotopic (exact) mass is 343 g/mol. The van der Waals surface area contributed by atoms with Gasteiger partial charge in [-0.15, -0.1) is 0 Å². The number of carboxylic acid groups (broad SMARTS) is 1. The van der Waals surface area contributed by atoms with Crippen LogP contribution in [0.15, 0.2) is 53.0 Å². The quantitative estimate of drug-likeness (QED) is 0.844. The summed E-state index contributed by atoms with van der Waals surface area (Å²) in [4.78, 5) is 10.6. The molecule has 0 aliphatic heterocycles. The van der Waals surface area contributed by atoms with E-state index in [0.29, 0.717) is 22.6 Å². The summed E-state index contributed by atoms with van der Waals surface area (Å²) in [6.07, 6.45) is 2.47. The first kappa shape index (κ1) is 14.8. The Labute approximate surface area is 130 Å². The summed E-state index contributed by atoms with van der Waals surface area (Å²) in [5.74, 6) is -0.149. The fourth-order valence-corrected chi connectivity index (χ4v) is 2.05. The van der Waals surface area contributed by atoms with E-state index in [1.807, 2.05) is 0 Å². The third kappa shape index (κ3) is 3.94. The number of halogens is 1. The largest absolute Gasteiger partial charge is 0.478 e. The number of hydrogen-bond donors (Lipinski definition) is 1. The summed E-state index contributed by atoms with van der Waals surface area (Å²) in [6, 6.07) is 14.1. The summed E-state index contributed by atoms with van der Waals surface area (Å²) >= 11 is 3.33. The minimum Gasteiger partial charge on any atom is -0.478 e. The lowest BCUT2D eigenvalue weighted by Gasteiger charge is -2.10. The van der Waals surface area contributed by atoms with Crippen molar-refractivity contribution in [2.45, 2.75) is 0 Å². The Morgan fingerprint density at radius 2 is 2.00 bits per heavy atom. The van der Waals surface area contributed by atoms with Gasteiger partial charge in [-0.05, 0) is 36.4 Å². The van der Waals surface area contributed by atoms with Crippen LogP contribution >= 0.6 is 15.9 Å². The van der Waals surface area contributed by atoms with E-state index in [1.54, 1.807) is 42.5 Å². The Hall–Kier alpha value is -2.58. The van der Waals surface area contributed by atoms with Gasteiger partial charge in [-0.3, -0.25) is 0 Å². The second kappa shape index (κ2) is 6.73. The molecule has 0 atom stereocenters. The minimum atomic E-state index is -1.04. The molecular formula is C16H10BrNO3. The summed E-state index contributed by atoms with van der Waals surface area (Å²) in [5, 5.41) is 17.8. The SMILES string of the molecule is N#Cc1ccccc1Oc1ccc(Br)cc1/C=C/C(=O)O. The van der Waals surface area contributed by atoms with E-state index in [1.165, 1.54) is 6.08 Å². The molecule has 2 rings (SSSR count).